The van der Waals surface area contributed by atoms with Crippen molar-refractivity contribution in [2.75, 3.05) is 0 Å². The van der Waals surface area contributed by atoms with E-state index in [1.54, 1.807) is 0 Å². The SMILES string of the molecule is C1=c2c3cccc4cccc(c5cccc(c25)C(c2ccccc2)(c2ccccc2)C1)c43. The average Bonchev–Trinajstić information content (AvgIpc) is 2.88. The largest absolute Gasteiger partial charge is 0.0744 e. The number of hydrogen-bond acceptors (Lipinski definition) is 0. The third kappa shape index (κ3) is 2.22. The van der Waals surface area contributed by atoms with Crippen molar-refractivity contribution in [3.05, 3.63) is 137 Å². The van der Waals surface area contributed by atoms with Crippen LogP contribution < -0.4 is 5.22 Å². The molecule has 0 bridgehead atoms. The molecule has 0 N–H and O–H groups in total. The van der Waals surface area contributed by atoms with Crippen LogP contribution in [0.5, 0.6) is 0 Å². The first-order valence-electron chi connectivity index (χ1n) is 11.4. The molecule has 6 aromatic carbocycles. The number of hydrogen-bond donors (Lipinski definition) is 0. The molecule has 0 heteroatoms. The first kappa shape index (κ1) is 17.7. The average molecular weight is 407 g/mol. The molecular formula is C32H22. The number of fused-ring (bicyclic) bond motifs is 2. The van der Waals surface area contributed by atoms with Crippen LogP contribution in [0, 0.1) is 0 Å². The van der Waals surface area contributed by atoms with E-state index in [2.05, 4.69) is 121 Å². The van der Waals surface area contributed by atoms with Crippen molar-refractivity contribution >= 4 is 38.4 Å². The topological polar surface area (TPSA) is 0 Å². The Kier molecular flexibility index (Phi) is 3.63. The van der Waals surface area contributed by atoms with E-state index >= 15 is 0 Å². The molecule has 0 unspecified atom stereocenters. The maximum atomic E-state index is 2.50. The summed E-state index contributed by atoms with van der Waals surface area (Å²) in [5.41, 5.74) is 3.92. The van der Waals surface area contributed by atoms with Crippen LogP contribution in [0.2, 0.25) is 0 Å². The van der Waals surface area contributed by atoms with Gasteiger partial charge in [-0.3, -0.25) is 0 Å². The molecule has 0 atom stereocenters. The van der Waals surface area contributed by atoms with Crippen LogP contribution in [0.4, 0.5) is 0 Å². The Morgan fingerprint density at radius 1 is 0.469 bits per heavy atom. The molecule has 150 valence electrons. The Bertz CT molecular complexity index is 1630. The fourth-order valence-corrected chi connectivity index (χ4v) is 6.08. The van der Waals surface area contributed by atoms with Gasteiger partial charge in [-0.05, 0) is 60.6 Å². The van der Waals surface area contributed by atoms with Crippen LogP contribution >= 0.6 is 0 Å². The minimum Gasteiger partial charge on any atom is -0.0744 e. The Labute approximate surface area is 187 Å². The minimum atomic E-state index is -0.197. The van der Waals surface area contributed by atoms with Crippen LogP contribution in [-0.4, -0.2) is 0 Å². The minimum absolute atomic E-state index is 0.197. The highest BCUT2D eigenvalue weighted by atomic mass is 14.4. The summed E-state index contributed by atoms with van der Waals surface area (Å²) >= 11 is 0. The Morgan fingerprint density at radius 2 is 1.03 bits per heavy atom. The summed E-state index contributed by atoms with van der Waals surface area (Å²) in [6, 6.07) is 42.5. The van der Waals surface area contributed by atoms with E-state index in [4.69, 9.17) is 0 Å². The predicted molar refractivity (Wildman–Crippen MR) is 136 cm³/mol. The number of benzene rings is 6. The van der Waals surface area contributed by atoms with Crippen molar-refractivity contribution < 1.29 is 0 Å². The van der Waals surface area contributed by atoms with Gasteiger partial charge in [-0.25, -0.2) is 0 Å². The van der Waals surface area contributed by atoms with Crippen LogP contribution in [0.15, 0.2) is 115 Å². The lowest BCUT2D eigenvalue weighted by Gasteiger charge is -2.38. The Morgan fingerprint density at radius 3 is 1.69 bits per heavy atom. The first-order valence-corrected chi connectivity index (χ1v) is 11.4. The van der Waals surface area contributed by atoms with Gasteiger partial charge in [0, 0.05) is 5.41 Å². The lowest BCUT2D eigenvalue weighted by Crippen LogP contribution is -2.33. The highest BCUT2D eigenvalue weighted by Gasteiger charge is 2.38. The van der Waals surface area contributed by atoms with Crippen LogP contribution in [0.1, 0.15) is 23.1 Å². The quantitative estimate of drug-likeness (QED) is 0.208. The van der Waals surface area contributed by atoms with Gasteiger partial charge in [0.15, 0.2) is 0 Å². The van der Waals surface area contributed by atoms with Gasteiger partial charge in [0.05, 0.1) is 0 Å². The third-order valence-electron chi connectivity index (χ3n) is 7.42. The van der Waals surface area contributed by atoms with Crippen molar-refractivity contribution in [1.82, 2.24) is 0 Å². The van der Waals surface area contributed by atoms with Crippen molar-refractivity contribution in [2.45, 2.75) is 11.8 Å². The van der Waals surface area contributed by atoms with Gasteiger partial charge in [0.1, 0.15) is 0 Å². The molecule has 1 aliphatic carbocycles. The molecule has 0 amide bonds. The molecule has 7 rings (SSSR count). The molecular weight excluding hydrogens is 384 g/mol. The van der Waals surface area contributed by atoms with Crippen molar-refractivity contribution in [3.8, 4) is 0 Å². The van der Waals surface area contributed by atoms with E-state index < -0.39 is 0 Å². The monoisotopic (exact) mass is 406 g/mol. The van der Waals surface area contributed by atoms with Crippen LogP contribution in [0.25, 0.3) is 38.4 Å². The van der Waals surface area contributed by atoms with E-state index in [9.17, 15) is 0 Å². The van der Waals surface area contributed by atoms with E-state index in [1.807, 2.05) is 0 Å². The molecule has 0 fully saturated rings. The Hall–Kier alpha value is -3.90. The fraction of sp³-hybridized carbons (Fsp3) is 0.0625. The first-order chi connectivity index (χ1) is 15.9. The van der Waals surface area contributed by atoms with Crippen LogP contribution in [-0.2, 0) is 5.41 Å². The number of rotatable bonds is 2. The van der Waals surface area contributed by atoms with Gasteiger partial charge in [-0.15, -0.1) is 0 Å². The molecule has 1 aliphatic rings. The second kappa shape index (κ2) is 6.55. The lowest BCUT2D eigenvalue weighted by molar-refractivity contribution is 0.644. The lowest BCUT2D eigenvalue weighted by atomic mass is 9.64. The van der Waals surface area contributed by atoms with Gasteiger partial charge in [-0.1, -0.05) is 121 Å². The summed E-state index contributed by atoms with van der Waals surface area (Å²) in [6.07, 6.45) is 3.45. The van der Waals surface area contributed by atoms with Gasteiger partial charge in [0.2, 0.25) is 0 Å². The summed E-state index contributed by atoms with van der Waals surface area (Å²) in [5.74, 6) is 0. The molecule has 6 aromatic rings. The second-order valence-corrected chi connectivity index (χ2v) is 8.90. The van der Waals surface area contributed by atoms with Gasteiger partial charge in [-0.2, -0.15) is 0 Å². The summed E-state index contributed by atoms with van der Waals surface area (Å²) in [5, 5.41) is 9.57. The summed E-state index contributed by atoms with van der Waals surface area (Å²) in [7, 11) is 0. The Balaban J connectivity index is 1.72. The van der Waals surface area contributed by atoms with Crippen molar-refractivity contribution in [1.29, 1.82) is 0 Å². The molecule has 0 spiro atoms. The van der Waals surface area contributed by atoms with Gasteiger partial charge in [0.25, 0.3) is 0 Å². The summed E-state index contributed by atoms with van der Waals surface area (Å²) in [4.78, 5) is 0. The highest BCUT2D eigenvalue weighted by molar-refractivity contribution is 6.22. The van der Waals surface area contributed by atoms with E-state index in [0.717, 1.165) is 6.42 Å². The molecule has 0 heterocycles. The molecule has 0 radical (unpaired) electrons. The maximum absolute atomic E-state index is 2.50. The van der Waals surface area contributed by atoms with E-state index in [1.165, 1.54) is 54.2 Å². The van der Waals surface area contributed by atoms with Crippen LogP contribution in [0.3, 0.4) is 0 Å². The third-order valence-corrected chi connectivity index (χ3v) is 7.42. The zero-order chi connectivity index (χ0) is 21.1. The zero-order valence-electron chi connectivity index (χ0n) is 17.8. The van der Waals surface area contributed by atoms with E-state index in [-0.39, 0.29) is 5.41 Å². The van der Waals surface area contributed by atoms with Gasteiger partial charge >= 0.3 is 0 Å². The molecule has 0 saturated carbocycles. The second-order valence-electron chi connectivity index (χ2n) is 8.90. The standard InChI is InChI=1S/C32H22/c1-3-12-23(13-4-1)32(24-14-5-2-6-15-24)21-20-28-26-17-8-11-22-10-7-16-25(30(22)26)27-18-9-19-29(32)31(27)28/h1-20H,21H2. The predicted octanol–water partition coefficient (Wildman–Crippen LogP) is 7.38. The maximum Gasteiger partial charge on any atom is 0.0492 e. The summed E-state index contributed by atoms with van der Waals surface area (Å²) < 4.78 is 0. The van der Waals surface area contributed by atoms with Crippen molar-refractivity contribution in [3.63, 3.8) is 0 Å². The fourth-order valence-electron chi connectivity index (χ4n) is 6.08. The highest BCUT2D eigenvalue weighted by Crippen LogP contribution is 2.47. The van der Waals surface area contributed by atoms with E-state index in [0.29, 0.717) is 0 Å². The van der Waals surface area contributed by atoms with Crippen molar-refractivity contribution in [2.24, 2.45) is 0 Å². The molecule has 0 saturated heterocycles. The molecule has 0 aromatic heterocycles. The van der Waals surface area contributed by atoms with Gasteiger partial charge < -0.3 is 0 Å². The molecule has 0 nitrogen and oxygen atoms in total. The molecule has 32 heavy (non-hydrogen) atoms. The molecule has 0 aliphatic heterocycles. The summed E-state index contributed by atoms with van der Waals surface area (Å²) in [6.45, 7) is 0. The zero-order valence-corrected chi connectivity index (χ0v) is 17.8. The normalized spacial score (nSPS) is 14.6. The smallest absolute Gasteiger partial charge is 0.0492 e.